The third kappa shape index (κ3) is 4.65. The Morgan fingerprint density at radius 3 is 2.48 bits per heavy atom. The van der Waals surface area contributed by atoms with Gasteiger partial charge in [0.25, 0.3) is 0 Å². The minimum absolute atomic E-state index is 0.105. The van der Waals surface area contributed by atoms with Crippen LogP contribution in [-0.2, 0) is 17.9 Å². The Balaban J connectivity index is 1.55. The Bertz CT molecular complexity index is 824. The Hall–Kier alpha value is -2.24. The van der Waals surface area contributed by atoms with Gasteiger partial charge in [0, 0.05) is 13.6 Å². The largest absolute Gasteiger partial charge is 0.338 e. The number of thiazole rings is 1. The summed E-state index contributed by atoms with van der Waals surface area (Å²) in [7, 11) is 3.82. The fraction of sp³-hybridized carbons (Fsp3) is 0.300. The van der Waals surface area contributed by atoms with E-state index in [1.54, 1.807) is 16.2 Å². The van der Waals surface area contributed by atoms with E-state index in [1.807, 2.05) is 37.2 Å². The highest BCUT2D eigenvalue weighted by atomic mass is 32.1. The van der Waals surface area contributed by atoms with E-state index >= 15 is 0 Å². The molecular weight excluding hydrogens is 330 g/mol. The second-order valence-corrected chi connectivity index (χ2v) is 7.60. The van der Waals surface area contributed by atoms with Gasteiger partial charge in [-0.25, -0.2) is 4.98 Å². The van der Waals surface area contributed by atoms with Crippen LogP contribution < -0.4 is 0 Å². The first-order valence-electron chi connectivity index (χ1n) is 8.34. The molecule has 3 aromatic rings. The first-order chi connectivity index (χ1) is 12.0. The average molecular weight is 353 g/mol. The van der Waals surface area contributed by atoms with Gasteiger partial charge >= 0.3 is 0 Å². The molecule has 0 spiro atoms. The second kappa shape index (κ2) is 7.76. The van der Waals surface area contributed by atoms with Gasteiger partial charge in [-0.3, -0.25) is 9.69 Å². The minimum atomic E-state index is 0.105. The van der Waals surface area contributed by atoms with Crippen LogP contribution in [0.25, 0.3) is 10.2 Å². The van der Waals surface area contributed by atoms with Crippen molar-refractivity contribution in [3.05, 3.63) is 64.7 Å². The van der Waals surface area contributed by atoms with E-state index in [2.05, 4.69) is 42.2 Å². The van der Waals surface area contributed by atoms with Crippen LogP contribution >= 0.6 is 11.3 Å². The predicted molar refractivity (Wildman–Crippen MR) is 104 cm³/mol. The SMILES string of the molecule is Cc1ccc(CN(C)CC(=O)N(C)Cc2nc3ccccc3s2)cc1. The molecule has 4 nitrogen and oxygen atoms in total. The summed E-state index contributed by atoms with van der Waals surface area (Å²) in [5.41, 5.74) is 3.47. The van der Waals surface area contributed by atoms with Crippen molar-refractivity contribution >= 4 is 27.5 Å². The molecule has 0 aliphatic heterocycles. The topological polar surface area (TPSA) is 36.4 Å². The number of carbonyl (C=O) groups is 1. The van der Waals surface area contributed by atoms with Crippen molar-refractivity contribution in [3.8, 4) is 0 Å². The monoisotopic (exact) mass is 353 g/mol. The number of aromatic nitrogens is 1. The van der Waals surface area contributed by atoms with Crippen molar-refractivity contribution < 1.29 is 4.79 Å². The first kappa shape index (κ1) is 17.6. The lowest BCUT2D eigenvalue weighted by Gasteiger charge is -2.21. The van der Waals surface area contributed by atoms with Crippen LogP contribution in [0.5, 0.6) is 0 Å². The van der Waals surface area contributed by atoms with Gasteiger partial charge < -0.3 is 4.90 Å². The number of para-hydroxylation sites is 1. The van der Waals surface area contributed by atoms with Gasteiger partial charge in [-0.2, -0.15) is 0 Å². The molecule has 1 aromatic heterocycles. The standard InChI is InChI=1S/C20H23N3OS/c1-15-8-10-16(11-9-15)12-22(2)14-20(24)23(3)13-19-21-17-6-4-5-7-18(17)25-19/h4-11H,12-14H2,1-3H3. The number of amides is 1. The smallest absolute Gasteiger partial charge is 0.236 e. The normalized spacial score (nSPS) is 11.2. The molecule has 1 amide bonds. The van der Waals surface area contributed by atoms with Crippen molar-refractivity contribution in [1.29, 1.82) is 0 Å². The van der Waals surface area contributed by atoms with E-state index in [0.717, 1.165) is 21.8 Å². The zero-order valence-corrected chi connectivity index (χ0v) is 15.7. The Morgan fingerprint density at radius 1 is 1.04 bits per heavy atom. The summed E-state index contributed by atoms with van der Waals surface area (Å²) < 4.78 is 1.16. The predicted octanol–water partition coefficient (Wildman–Crippen LogP) is 3.70. The molecule has 0 unspecified atom stereocenters. The molecule has 0 aliphatic rings. The quantitative estimate of drug-likeness (QED) is 0.678. The summed E-state index contributed by atoms with van der Waals surface area (Å²) in [6, 6.07) is 16.5. The molecule has 3 rings (SSSR count). The lowest BCUT2D eigenvalue weighted by Crippen LogP contribution is -2.36. The van der Waals surface area contributed by atoms with Crippen molar-refractivity contribution in [1.82, 2.24) is 14.8 Å². The molecular formula is C20H23N3OS. The van der Waals surface area contributed by atoms with Gasteiger partial charge in [0.2, 0.25) is 5.91 Å². The van der Waals surface area contributed by atoms with E-state index in [4.69, 9.17) is 0 Å². The maximum absolute atomic E-state index is 12.5. The van der Waals surface area contributed by atoms with Crippen molar-refractivity contribution in [3.63, 3.8) is 0 Å². The van der Waals surface area contributed by atoms with Crippen LogP contribution in [0.4, 0.5) is 0 Å². The second-order valence-electron chi connectivity index (χ2n) is 6.48. The van der Waals surface area contributed by atoms with Crippen LogP contribution in [0.2, 0.25) is 0 Å². The molecule has 25 heavy (non-hydrogen) atoms. The highest BCUT2D eigenvalue weighted by Crippen LogP contribution is 2.22. The van der Waals surface area contributed by atoms with Crippen LogP contribution in [0.3, 0.4) is 0 Å². The summed E-state index contributed by atoms with van der Waals surface area (Å²) in [5, 5.41) is 0.971. The van der Waals surface area contributed by atoms with E-state index in [-0.39, 0.29) is 5.91 Å². The van der Waals surface area contributed by atoms with Crippen LogP contribution in [0.15, 0.2) is 48.5 Å². The molecule has 0 saturated carbocycles. The van der Waals surface area contributed by atoms with Gasteiger partial charge in [-0.15, -0.1) is 11.3 Å². The Labute approximate surface area is 152 Å². The molecule has 2 aromatic carbocycles. The lowest BCUT2D eigenvalue weighted by atomic mass is 10.1. The van der Waals surface area contributed by atoms with E-state index < -0.39 is 0 Å². The third-order valence-electron chi connectivity index (χ3n) is 4.11. The van der Waals surface area contributed by atoms with Gasteiger partial charge in [-0.1, -0.05) is 42.0 Å². The van der Waals surface area contributed by atoms with E-state index in [1.165, 1.54) is 11.1 Å². The van der Waals surface area contributed by atoms with E-state index in [0.29, 0.717) is 13.1 Å². The van der Waals surface area contributed by atoms with Gasteiger partial charge in [-0.05, 0) is 31.7 Å². The van der Waals surface area contributed by atoms with Gasteiger partial charge in [0.15, 0.2) is 0 Å². The van der Waals surface area contributed by atoms with Crippen LogP contribution in [-0.4, -0.2) is 41.3 Å². The number of likely N-dealkylation sites (N-methyl/N-ethyl adjacent to an activating group) is 2. The number of hydrogen-bond donors (Lipinski definition) is 0. The fourth-order valence-corrected chi connectivity index (χ4v) is 3.71. The maximum Gasteiger partial charge on any atom is 0.236 e. The van der Waals surface area contributed by atoms with Crippen molar-refractivity contribution in [2.45, 2.75) is 20.0 Å². The zero-order valence-electron chi connectivity index (χ0n) is 14.9. The number of hydrogen-bond acceptors (Lipinski definition) is 4. The summed E-state index contributed by atoms with van der Waals surface area (Å²) >= 11 is 1.65. The van der Waals surface area contributed by atoms with Crippen LogP contribution in [0.1, 0.15) is 16.1 Å². The fourth-order valence-electron chi connectivity index (χ4n) is 2.69. The number of benzene rings is 2. The molecule has 5 heteroatoms. The van der Waals surface area contributed by atoms with Crippen molar-refractivity contribution in [2.24, 2.45) is 0 Å². The molecule has 0 saturated heterocycles. The lowest BCUT2D eigenvalue weighted by molar-refractivity contribution is -0.131. The molecule has 0 bridgehead atoms. The third-order valence-corrected chi connectivity index (χ3v) is 5.14. The molecule has 1 heterocycles. The average Bonchev–Trinajstić information content (AvgIpc) is 2.99. The molecule has 0 fully saturated rings. The summed E-state index contributed by atoms with van der Waals surface area (Å²) in [6.45, 7) is 3.79. The highest BCUT2D eigenvalue weighted by Gasteiger charge is 2.14. The first-order valence-corrected chi connectivity index (χ1v) is 9.15. The summed E-state index contributed by atoms with van der Waals surface area (Å²) in [5.74, 6) is 0.105. The summed E-state index contributed by atoms with van der Waals surface area (Å²) in [4.78, 5) is 20.9. The van der Waals surface area contributed by atoms with Crippen LogP contribution in [0, 0.1) is 6.92 Å². The number of nitrogens with zero attached hydrogens (tertiary/aromatic N) is 3. The van der Waals surface area contributed by atoms with Gasteiger partial charge in [0.1, 0.15) is 5.01 Å². The molecule has 130 valence electrons. The highest BCUT2D eigenvalue weighted by molar-refractivity contribution is 7.18. The van der Waals surface area contributed by atoms with Gasteiger partial charge in [0.05, 0.1) is 23.3 Å². The van der Waals surface area contributed by atoms with Crippen molar-refractivity contribution in [2.75, 3.05) is 20.6 Å². The zero-order chi connectivity index (χ0) is 17.8. The summed E-state index contributed by atoms with van der Waals surface area (Å²) in [6.07, 6.45) is 0. The van der Waals surface area contributed by atoms with E-state index in [9.17, 15) is 4.79 Å². The minimum Gasteiger partial charge on any atom is -0.338 e. The Kier molecular flexibility index (Phi) is 5.46. The number of carbonyl (C=O) groups excluding carboxylic acids is 1. The molecule has 0 atom stereocenters. The number of fused-ring (bicyclic) bond motifs is 1. The molecule has 0 radical (unpaired) electrons. The number of rotatable bonds is 6. The number of aryl methyl sites for hydroxylation is 1. The maximum atomic E-state index is 12.5. The Morgan fingerprint density at radius 2 is 1.76 bits per heavy atom. The molecule has 0 aliphatic carbocycles. The molecule has 0 N–H and O–H groups in total.